The van der Waals surface area contributed by atoms with Crippen molar-refractivity contribution in [2.75, 3.05) is 13.2 Å². The van der Waals surface area contributed by atoms with E-state index in [2.05, 4.69) is 10.4 Å². The third-order valence-corrected chi connectivity index (χ3v) is 3.51. The summed E-state index contributed by atoms with van der Waals surface area (Å²) in [5.41, 5.74) is -0.356. The molecule has 7 heteroatoms. The Morgan fingerprint density at radius 3 is 2.74 bits per heavy atom. The fraction of sp³-hybridized carbons (Fsp3) is 0.438. The number of nitrogens with zero attached hydrogens (tertiary/aromatic N) is 2. The van der Waals surface area contributed by atoms with E-state index >= 15 is 0 Å². The number of benzene rings is 1. The van der Waals surface area contributed by atoms with Crippen molar-refractivity contribution in [3.8, 4) is 5.75 Å². The van der Waals surface area contributed by atoms with E-state index in [0.717, 1.165) is 12.1 Å². The molecule has 23 heavy (non-hydrogen) atoms. The molecule has 0 bridgehead atoms. The van der Waals surface area contributed by atoms with Crippen LogP contribution in [-0.2, 0) is 12.6 Å². The van der Waals surface area contributed by atoms with Crippen LogP contribution in [-0.4, -0.2) is 34.1 Å². The number of hydrogen-bond donors (Lipinski definition) is 2. The van der Waals surface area contributed by atoms with Gasteiger partial charge >= 0.3 is 0 Å². The van der Waals surface area contributed by atoms with Gasteiger partial charge in [0.25, 0.3) is 0 Å². The highest BCUT2D eigenvalue weighted by Crippen LogP contribution is 2.19. The Morgan fingerprint density at radius 1 is 1.39 bits per heavy atom. The van der Waals surface area contributed by atoms with Crippen LogP contribution in [0.25, 0.3) is 0 Å². The van der Waals surface area contributed by atoms with Crippen molar-refractivity contribution in [3.05, 3.63) is 47.8 Å². The lowest BCUT2D eigenvalue weighted by Gasteiger charge is -2.25. The van der Waals surface area contributed by atoms with Crippen LogP contribution in [0.1, 0.15) is 19.4 Å². The topological polar surface area (TPSA) is 59.3 Å². The summed E-state index contributed by atoms with van der Waals surface area (Å²) in [5.74, 6) is -1.59. The van der Waals surface area contributed by atoms with Gasteiger partial charge in [-0.1, -0.05) is 0 Å². The first kappa shape index (κ1) is 17.4. The number of nitrogens with one attached hydrogen (secondary N) is 1. The largest absolute Gasteiger partial charge is 0.492 e. The molecule has 0 fully saturated rings. The van der Waals surface area contributed by atoms with Crippen molar-refractivity contribution in [1.29, 1.82) is 0 Å². The highest BCUT2D eigenvalue weighted by molar-refractivity contribution is 5.23. The Kier molecular flexibility index (Phi) is 5.33. The molecule has 0 spiro atoms. The molecule has 126 valence electrons. The normalized spacial score (nSPS) is 15.2. The van der Waals surface area contributed by atoms with Gasteiger partial charge in [0.2, 0.25) is 0 Å². The predicted molar refractivity (Wildman–Crippen MR) is 82.1 cm³/mol. The molecule has 0 aliphatic heterocycles. The van der Waals surface area contributed by atoms with E-state index in [4.69, 9.17) is 4.74 Å². The fourth-order valence-corrected chi connectivity index (χ4v) is 2.02. The molecular weight excluding hydrogens is 304 g/mol. The van der Waals surface area contributed by atoms with Crippen LogP contribution < -0.4 is 10.1 Å². The molecule has 2 atom stereocenters. The highest BCUT2D eigenvalue weighted by Gasteiger charge is 2.25. The molecule has 0 saturated heterocycles. The molecule has 1 heterocycles. The van der Waals surface area contributed by atoms with Gasteiger partial charge in [0, 0.05) is 37.5 Å². The molecule has 0 amide bonds. The lowest BCUT2D eigenvalue weighted by atomic mass is 9.99. The first-order valence-corrected chi connectivity index (χ1v) is 7.30. The molecule has 0 radical (unpaired) electrons. The maximum Gasteiger partial charge on any atom is 0.162 e. The Bertz CT molecular complexity index is 659. The number of halogens is 2. The minimum absolute atomic E-state index is 0.0914. The second kappa shape index (κ2) is 7.06. The molecule has 0 saturated carbocycles. The average molecular weight is 325 g/mol. The SMILES string of the molecule is CC(COc1ccc(F)c(F)c1)NCC(C)(O)c1cnn(C)c1. The number of aliphatic hydroxyl groups is 1. The monoisotopic (exact) mass is 325 g/mol. The standard InChI is InChI=1S/C16H21F2N3O2/c1-11(9-23-13-4-5-14(17)15(18)6-13)19-10-16(2,22)12-7-20-21(3)8-12/h4-8,11,19,22H,9-10H2,1-3H3. The van der Waals surface area contributed by atoms with Gasteiger partial charge < -0.3 is 15.2 Å². The predicted octanol–water partition coefficient (Wildman–Crippen LogP) is 1.96. The van der Waals surface area contributed by atoms with Crippen LogP contribution in [0.5, 0.6) is 5.75 Å². The second-order valence-electron chi connectivity index (χ2n) is 5.85. The number of ether oxygens (including phenoxy) is 1. The molecule has 2 unspecified atom stereocenters. The molecule has 2 rings (SSSR count). The van der Waals surface area contributed by atoms with Crippen LogP contribution in [0.4, 0.5) is 8.78 Å². The molecule has 2 N–H and O–H groups in total. The van der Waals surface area contributed by atoms with Crippen molar-refractivity contribution in [2.45, 2.75) is 25.5 Å². The minimum Gasteiger partial charge on any atom is -0.492 e. The first-order chi connectivity index (χ1) is 10.8. The van der Waals surface area contributed by atoms with E-state index in [0.29, 0.717) is 12.1 Å². The Labute approximate surface area is 133 Å². The van der Waals surface area contributed by atoms with Crippen LogP contribution in [0.2, 0.25) is 0 Å². The van der Waals surface area contributed by atoms with Gasteiger partial charge in [-0.25, -0.2) is 8.78 Å². The van der Waals surface area contributed by atoms with Gasteiger partial charge in [-0.3, -0.25) is 4.68 Å². The van der Waals surface area contributed by atoms with E-state index in [-0.39, 0.29) is 18.4 Å². The van der Waals surface area contributed by atoms with Gasteiger partial charge in [0.15, 0.2) is 11.6 Å². The summed E-state index contributed by atoms with van der Waals surface area (Å²) in [4.78, 5) is 0. The summed E-state index contributed by atoms with van der Waals surface area (Å²) in [6.07, 6.45) is 3.37. The Morgan fingerprint density at radius 2 is 2.13 bits per heavy atom. The smallest absolute Gasteiger partial charge is 0.162 e. The van der Waals surface area contributed by atoms with E-state index in [9.17, 15) is 13.9 Å². The van der Waals surface area contributed by atoms with Crippen LogP contribution >= 0.6 is 0 Å². The fourth-order valence-electron chi connectivity index (χ4n) is 2.02. The number of rotatable bonds is 7. The van der Waals surface area contributed by atoms with E-state index in [1.54, 1.807) is 31.0 Å². The summed E-state index contributed by atoms with van der Waals surface area (Å²) in [6, 6.07) is 3.31. The minimum atomic E-state index is -1.06. The lowest BCUT2D eigenvalue weighted by molar-refractivity contribution is 0.0523. The van der Waals surface area contributed by atoms with Crippen molar-refractivity contribution in [1.82, 2.24) is 15.1 Å². The average Bonchev–Trinajstić information content (AvgIpc) is 2.94. The van der Waals surface area contributed by atoms with Crippen molar-refractivity contribution >= 4 is 0 Å². The van der Waals surface area contributed by atoms with Crippen LogP contribution in [0.3, 0.4) is 0 Å². The molecule has 2 aromatic rings. The van der Waals surface area contributed by atoms with Crippen LogP contribution in [0.15, 0.2) is 30.6 Å². The molecule has 5 nitrogen and oxygen atoms in total. The molecule has 1 aromatic heterocycles. The molecule has 0 aliphatic carbocycles. The molecule has 1 aromatic carbocycles. The summed E-state index contributed by atoms with van der Waals surface area (Å²) >= 11 is 0. The maximum atomic E-state index is 13.1. The Hall–Kier alpha value is -1.99. The van der Waals surface area contributed by atoms with Crippen LogP contribution in [0, 0.1) is 11.6 Å². The zero-order chi connectivity index (χ0) is 17.0. The molecular formula is C16H21F2N3O2. The number of aryl methyl sites for hydroxylation is 1. The van der Waals surface area contributed by atoms with Crippen molar-refractivity contribution in [3.63, 3.8) is 0 Å². The van der Waals surface area contributed by atoms with E-state index in [1.165, 1.54) is 6.07 Å². The zero-order valence-corrected chi connectivity index (χ0v) is 13.4. The van der Waals surface area contributed by atoms with Crippen molar-refractivity contribution < 1.29 is 18.6 Å². The van der Waals surface area contributed by atoms with Gasteiger partial charge in [-0.15, -0.1) is 0 Å². The summed E-state index contributed by atoms with van der Waals surface area (Å²) < 4.78 is 33.0. The zero-order valence-electron chi connectivity index (χ0n) is 13.4. The Balaban J connectivity index is 1.82. The first-order valence-electron chi connectivity index (χ1n) is 7.30. The van der Waals surface area contributed by atoms with Crippen molar-refractivity contribution in [2.24, 2.45) is 7.05 Å². The van der Waals surface area contributed by atoms with Gasteiger partial charge in [-0.05, 0) is 26.0 Å². The van der Waals surface area contributed by atoms with Gasteiger partial charge in [0.05, 0.1) is 6.20 Å². The summed E-state index contributed by atoms with van der Waals surface area (Å²) in [7, 11) is 1.78. The van der Waals surface area contributed by atoms with E-state index in [1.807, 2.05) is 6.92 Å². The maximum absolute atomic E-state index is 13.1. The highest BCUT2D eigenvalue weighted by atomic mass is 19.2. The van der Waals surface area contributed by atoms with E-state index < -0.39 is 17.2 Å². The summed E-state index contributed by atoms with van der Waals surface area (Å²) in [5, 5.41) is 17.6. The summed E-state index contributed by atoms with van der Waals surface area (Å²) in [6.45, 7) is 4.13. The number of hydrogen-bond acceptors (Lipinski definition) is 4. The van der Waals surface area contributed by atoms with Gasteiger partial charge in [-0.2, -0.15) is 5.10 Å². The third-order valence-electron chi connectivity index (χ3n) is 3.51. The lowest BCUT2D eigenvalue weighted by Crippen LogP contribution is -2.41. The van der Waals surface area contributed by atoms with Gasteiger partial charge in [0.1, 0.15) is 18.0 Å². The quantitative estimate of drug-likeness (QED) is 0.817. The second-order valence-corrected chi connectivity index (χ2v) is 5.85. The molecule has 0 aliphatic rings. The number of aromatic nitrogens is 2. The third kappa shape index (κ3) is 4.74.